The van der Waals surface area contributed by atoms with E-state index in [-0.39, 0.29) is 17.6 Å². The Morgan fingerprint density at radius 2 is 1.44 bits per heavy atom. The fraction of sp³-hybridized carbons (Fsp3) is 0.364. The predicted molar refractivity (Wildman–Crippen MR) is 203 cm³/mol. The van der Waals surface area contributed by atoms with Gasteiger partial charge < -0.3 is 20.2 Å². The highest BCUT2D eigenvalue weighted by molar-refractivity contribution is 5.95. The lowest BCUT2D eigenvalue weighted by Gasteiger charge is -2.32. The summed E-state index contributed by atoms with van der Waals surface area (Å²) in [6.45, 7) is 5.01. The Kier molecular flexibility index (Phi) is 12.5. The highest BCUT2D eigenvalue weighted by atomic mass is 16.3. The highest BCUT2D eigenvalue weighted by Crippen LogP contribution is 2.28. The van der Waals surface area contributed by atoms with Crippen molar-refractivity contribution in [1.82, 2.24) is 15.1 Å². The fourth-order valence-electron chi connectivity index (χ4n) is 7.41. The number of nitrogens with one attached hydrogen (secondary N) is 1. The number of phenolic OH excluding ortho intramolecular Hbond substituents is 1. The average molecular weight is 670 g/mol. The Hall–Kier alpha value is -4.68. The van der Waals surface area contributed by atoms with Crippen LogP contribution in [0, 0.1) is 11.8 Å². The number of aromatic hydroxyl groups is 1. The van der Waals surface area contributed by atoms with Crippen molar-refractivity contribution in [2.45, 2.75) is 57.9 Å². The van der Waals surface area contributed by atoms with E-state index >= 15 is 0 Å². The Morgan fingerprint density at radius 3 is 2.18 bits per heavy atom. The lowest BCUT2D eigenvalue weighted by molar-refractivity contribution is -0.126. The molecule has 260 valence electrons. The molecule has 0 aromatic heterocycles. The Labute approximate surface area is 297 Å². The van der Waals surface area contributed by atoms with E-state index in [4.69, 9.17) is 0 Å². The summed E-state index contributed by atoms with van der Waals surface area (Å²) < 4.78 is 0. The number of amides is 2. The molecule has 6 rings (SSSR count). The molecule has 0 bridgehead atoms. The molecule has 0 spiro atoms. The maximum absolute atomic E-state index is 13.6. The maximum Gasteiger partial charge on any atom is 0.253 e. The number of nitrogens with zero attached hydrogens (tertiary/aromatic N) is 2. The van der Waals surface area contributed by atoms with Gasteiger partial charge in [-0.1, -0.05) is 92.1 Å². The van der Waals surface area contributed by atoms with Crippen molar-refractivity contribution in [1.29, 1.82) is 0 Å². The smallest absolute Gasteiger partial charge is 0.253 e. The zero-order chi connectivity index (χ0) is 34.5. The van der Waals surface area contributed by atoms with Gasteiger partial charge in [0.25, 0.3) is 5.91 Å². The van der Waals surface area contributed by atoms with Gasteiger partial charge >= 0.3 is 0 Å². The summed E-state index contributed by atoms with van der Waals surface area (Å²) in [4.78, 5) is 31.0. The summed E-state index contributed by atoms with van der Waals surface area (Å²) >= 11 is 0. The second-order valence-electron chi connectivity index (χ2n) is 14.1. The second-order valence-corrected chi connectivity index (χ2v) is 14.1. The van der Waals surface area contributed by atoms with Crippen molar-refractivity contribution in [3.8, 4) is 16.9 Å². The molecule has 6 heteroatoms. The molecule has 50 heavy (non-hydrogen) atoms. The molecule has 0 atom stereocenters. The molecule has 2 fully saturated rings. The van der Waals surface area contributed by atoms with Crippen molar-refractivity contribution in [3.63, 3.8) is 0 Å². The molecule has 2 aliphatic heterocycles. The number of likely N-dealkylation sites (tertiary alicyclic amines) is 1. The monoisotopic (exact) mass is 669 g/mol. The third-order valence-corrected chi connectivity index (χ3v) is 10.5. The van der Waals surface area contributed by atoms with Gasteiger partial charge in [0.05, 0.1) is 0 Å². The molecule has 0 aliphatic carbocycles. The quantitative estimate of drug-likeness (QED) is 0.140. The topological polar surface area (TPSA) is 72.9 Å². The summed E-state index contributed by atoms with van der Waals surface area (Å²) in [6, 6.07) is 33.2. The Morgan fingerprint density at radius 1 is 0.760 bits per heavy atom. The molecule has 6 nitrogen and oxygen atoms in total. The molecule has 2 saturated heterocycles. The number of piperidine rings is 2. The summed E-state index contributed by atoms with van der Waals surface area (Å²) in [5.74, 6) is 1.92. The number of hydrogen-bond acceptors (Lipinski definition) is 4. The van der Waals surface area contributed by atoms with Crippen molar-refractivity contribution in [3.05, 3.63) is 131 Å². The van der Waals surface area contributed by atoms with Gasteiger partial charge in [0.2, 0.25) is 5.91 Å². The lowest BCUT2D eigenvalue weighted by Crippen LogP contribution is -2.38. The van der Waals surface area contributed by atoms with Gasteiger partial charge in [0.15, 0.2) is 0 Å². The number of carbonyl (C=O) groups excluding carboxylic acids is 2. The molecule has 4 aromatic carbocycles. The van der Waals surface area contributed by atoms with Gasteiger partial charge in [-0.05, 0) is 121 Å². The molecule has 2 N–H and O–H groups in total. The zero-order valence-electron chi connectivity index (χ0n) is 29.2. The van der Waals surface area contributed by atoms with E-state index < -0.39 is 0 Å². The van der Waals surface area contributed by atoms with Crippen LogP contribution in [-0.2, 0) is 17.8 Å². The molecule has 2 heterocycles. The molecule has 2 aliphatic rings. The minimum atomic E-state index is -0.0591. The minimum Gasteiger partial charge on any atom is -0.508 e. The van der Waals surface area contributed by atoms with Crippen LogP contribution in [0.15, 0.2) is 109 Å². The normalized spacial score (nSPS) is 15.7. The van der Waals surface area contributed by atoms with Crippen LogP contribution in [0.5, 0.6) is 5.75 Å². The standard InChI is InChI=1S/C44H51N3O3/c48-42-18-15-37(16-19-42)25-30-47(43(49)20-17-34-7-2-1-3-8-34)33-38-11-5-12-39(31-38)40-13-6-14-41(32-40)44(50)46-28-23-36(24-29-46)10-4-9-35-21-26-45-27-22-35/h1-3,5-8,11-20,31-32,35-36,45,48H,4,9-10,21-30,33H2. The van der Waals surface area contributed by atoms with E-state index in [0.717, 1.165) is 71.1 Å². The first-order valence-electron chi connectivity index (χ1n) is 18.5. The van der Waals surface area contributed by atoms with Crippen molar-refractivity contribution in [2.75, 3.05) is 32.7 Å². The van der Waals surface area contributed by atoms with Crippen LogP contribution in [0.3, 0.4) is 0 Å². The van der Waals surface area contributed by atoms with Crippen LogP contribution < -0.4 is 5.32 Å². The fourth-order valence-corrected chi connectivity index (χ4v) is 7.41. The summed E-state index contributed by atoms with van der Waals surface area (Å²) in [5, 5.41) is 13.2. The molecule has 4 aromatic rings. The summed E-state index contributed by atoms with van der Waals surface area (Å²) in [7, 11) is 0. The van der Waals surface area contributed by atoms with Crippen LogP contribution in [0.4, 0.5) is 0 Å². The minimum absolute atomic E-state index is 0.0591. The molecular weight excluding hydrogens is 619 g/mol. The van der Waals surface area contributed by atoms with Crippen LogP contribution >= 0.6 is 0 Å². The van der Waals surface area contributed by atoms with Crippen molar-refractivity contribution in [2.24, 2.45) is 11.8 Å². The first-order valence-corrected chi connectivity index (χ1v) is 18.5. The number of carbonyl (C=O) groups is 2. The predicted octanol–water partition coefficient (Wildman–Crippen LogP) is 8.37. The molecule has 0 radical (unpaired) electrons. The van der Waals surface area contributed by atoms with Gasteiger partial charge in [0, 0.05) is 37.8 Å². The largest absolute Gasteiger partial charge is 0.508 e. The van der Waals surface area contributed by atoms with Gasteiger partial charge in [-0.15, -0.1) is 0 Å². The van der Waals surface area contributed by atoms with Crippen molar-refractivity contribution >= 4 is 17.9 Å². The van der Waals surface area contributed by atoms with Crippen LogP contribution in [0.25, 0.3) is 17.2 Å². The van der Waals surface area contributed by atoms with E-state index in [1.54, 1.807) is 18.2 Å². The Balaban J connectivity index is 1.08. The first kappa shape index (κ1) is 35.2. The number of hydrogen-bond donors (Lipinski definition) is 2. The Bertz CT molecular complexity index is 1700. The molecule has 0 saturated carbocycles. The third-order valence-electron chi connectivity index (χ3n) is 10.5. The van der Waals surface area contributed by atoms with E-state index in [1.165, 1.54) is 45.2 Å². The number of rotatable bonds is 13. The van der Waals surface area contributed by atoms with Gasteiger partial charge in [0.1, 0.15) is 5.75 Å². The summed E-state index contributed by atoms with van der Waals surface area (Å²) in [5.41, 5.74) is 5.80. The van der Waals surface area contributed by atoms with Gasteiger partial charge in [-0.25, -0.2) is 0 Å². The van der Waals surface area contributed by atoms with Crippen LogP contribution in [0.1, 0.15) is 72.0 Å². The van der Waals surface area contributed by atoms with Crippen LogP contribution in [-0.4, -0.2) is 59.4 Å². The lowest BCUT2D eigenvalue weighted by atomic mass is 9.87. The van der Waals surface area contributed by atoms with Crippen LogP contribution in [0.2, 0.25) is 0 Å². The van der Waals surface area contributed by atoms with Crippen molar-refractivity contribution < 1.29 is 14.7 Å². The SMILES string of the molecule is O=C(C=Cc1ccccc1)N(CCc1ccc(O)cc1)Cc1cccc(-c2cccc(C(=O)N3CCC(CCCC4CCNCC4)CC3)c2)c1. The average Bonchev–Trinajstić information content (AvgIpc) is 3.17. The van der Waals surface area contributed by atoms with E-state index in [0.29, 0.717) is 19.5 Å². The third kappa shape index (κ3) is 10.2. The molecule has 0 unspecified atom stereocenters. The molecule has 2 amide bonds. The summed E-state index contributed by atoms with van der Waals surface area (Å²) in [6.07, 6.45) is 13.0. The second kappa shape index (κ2) is 17.8. The maximum atomic E-state index is 13.6. The molecular formula is C44H51N3O3. The van der Waals surface area contributed by atoms with Gasteiger partial charge in [-0.3, -0.25) is 9.59 Å². The van der Waals surface area contributed by atoms with E-state index in [9.17, 15) is 14.7 Å². The van der Waals surface area contributed by atoms with E-state index in [1.807, 2.05) is 82.6 Å². The van der Waals surface area contributed by atoms with E-state index in [2.05, 4.69) is 29.6 Å². The number of benzene rings is 4. The highest BCUT2D eigenvalue weighted by Gasteiger charge is 2.24. The van der Waals surface area contributed by atoms with Gasteiger partial charge in [-0.2, -0.15) is 0 Å². The zero-order valence-corrected chi connectivity index (χ0v) is 29.2. The first-order chi connectivity index (χ1) is 24.5. The number of phenols is 1.